The van der Waals surface area contributed by atoms with E-state index in [2.05, 4.69) is 22.5 Å². The Kier molecular flexibility index (Phi) is 17.2. The number of urea groups is 1. The molecule has 2 N–H and O–H groups in total. The van der Waals surface area contributed by atoms with E-state index in [0.29, 0.717) is 76.3 Å². The first-order chi connectivity index (χ1) is 29.3. The van der Waals surface area contributed by atoms with Crippen LogP contribution in [0.2, 0.25) is 0 Å². The number of carbonyl (C=O) groups is 4. The number of unbranched alkanes of at least 4 members (excludes halogenated alkanes) is 3. The first-order valence-corrected chi connectivity index (χ1v) is 22.4. The number of benzene rings is 3. The average Bonchev–Trinajstić information content (AvgIpc) is 3.29. The lowest BCUT2D eigenvalue weighted by molar-refractivity contribution is -0.143. The summed E-state index contributed by atoms with van der Waals surface area (Å²) in [7, 11) is 0. The molecule has 0 bridgehead atoms. The molecule has 0 aromatic heterocycles. The molecule has 11 nitrogen and oxygen atoms in total. The smallest absolute Gasteiger partial charge is 0.338 e. The van der Waals surface area contributed by atoms with Crippen LogP contribution in [0.25, 0.3) is 11.1 Å². The Labute approximate surface area is 356 Å². The normalized spacial score (nSPS) is 18.1. The quantitative estimate of drug-likeness (QED) is 0.0876. The first kappa shape index (κ1) is 44.5. The number of ether oxygens (including phenoxy) is 2. The zero-order valence-electron chi connectivity index (χ0n) is 35.7. The second-order valence-electron chi connectivity index (χ2n) is 16.4. The third-order valence-corrected chi connectivity index (χ3v) is 12.3. The predicted octanol–water partition coefficient (Wildman–Crippen LogP) is 8.02. The molecule has 1 saturated heterocycles. The lowest BCUT2D eigenvalue weighted by Gasteiger charge is -2.39. The van der Waals surface area contributed by atoms with Crippen molar-refractivity contribution in [1.82, 2.24) is 25.3 Å². The summed E-state index contributed by atoms with van der Waals surface area (Å²) in [6.45, 7) is 9.28. The fraction of sp³-hybridized carbons (Fsp3) is 0.510. The molecule has 60 heavy (non-hydrogen) atoms. The monoisotopic (exact) mass is 819 g/mol. The van der Waals surface area contributed by atoms with Crippen LogP contribution in [-0.4, -0.2) is 97.0 Å². The maximum Gasteiger partial charge on any atom is 0.338 e. The van der Waals surface area contributed by atoms with Gasteiger partial charge in [0.15, 0.2) is 0 Å². The van der Waals surface area contributed by atoms with Crippen LogP contribution in [0.1, 0.15) is 102 Å². The minimum Gasteiger partial charge on any atom is -0.457 e. The van der Waals surface area contributed by atoms with E-state index in [-0.39, 0.29) is 30.4 Å². The van der Waals surface area contributed by atoms with Crippen molar-refractivity contribution in [2.45, 2.75) is 103 Å². The van der Waals surface area contributed by atoms with Gasteiger partial charge in [-0.05, 0) is 67.2 Å². The first-order valence-electron chi connectivity index (χ1n) is 22.4. The molecular formula is C49H65N5O6. The number of esters is 1. The Morgan fingerprint density at radius 1 is 0.850 bits per heavy atom. The summed E-state index contributed by atoms with van der Waals surface area (Å²) in [6.07, 6.45) is 9.45. The summed E-state index contributed by atoms with van der Waals surface area (Å²) in [5.74, 6) is -0.332. The highest BCUT2D eigenvalue weighted by Crippen LogP contribution is 2.34. The Morgan fingerprint density at radius 2 is 1.53 bits per heavy atom. The van der Waals surface area contributed by atoms with E-state index in [0.717, 1.165) is 73.9 Å². The van der Waals surface area contributed by atoms with E-state index < -0.39 is 18.1 Å². The summed E-state index contributed by atoms with van der Waals surface area (Å²) in [5.41, 5.74) is 4.74. The molecule has 0 spiro atoms. The minimum absolute atomic E-state index is 0.0147. The second-order valence-corrected chi connectivity index (χ2v) is 16.4. The fourth-order valence-corrected chi connectivity index (χ4v) is 8.78. The number of hydrogen-bond donors (Lipinski definition) is 2. The number of nitrogens with one attached hydrogen (secondary N) is 2. The van der Waals surface area contributed by atoms with Crippen molar-refractivity contribution in [2.75, 3.05) is 52.5 Å². The molecule has 2 atom stereocenters. The van der Waals surface area contributed by atoms with Gasteiger partial charge < -0.3 is 25.0 Å². The van der Waals surface area contributed by atoms with Gasteiger partial charge in [-0.3, -0.25) is 19.4 Å². The number of carbonyl (C=O) groups excluding carboxylic acids is 4. The number of hydrogen-bond acceptors (Lipinski definition) is 7. The fourth-order valence-electron chi connectivity index (χ4n) is 8.78. The Hall–Kier alpha value is -5.00. The topological polar surface area (TPSA) is 121 Å². The molecule has 3 aliphatic rings. The maximum absolute atomic E-state index is 14.2. The zero-order chi connectivity index (χ0) is 42.1. The van der Waals surface area contributed by atoms with Crippen molar-refractivity contribution < 1.29 is 28.7 Å². The molecule has 6 rings (SSSR count). The lowest BCUT2D eigenvalue weighted by atomic mass is 9.82. The van der Waals surface area contributed by atoms with Crippen LogP contribution in [0, 0.1) is 5.92 Å². The van der Waals surface area contributed by atoms with Gasteiger partial charge in [0.2, 0.25) is 11.8 Å². The molecule has 3 aromatic rings. The largest absolute Gasteiger partial charge is 0.457 e. The van der Waals surface area contributed by atoms with E-state index in [4.69, 9.17) is 9.47 Å². The van der Waals surface area contributed by atoms with Crippen LogP contribution in [-0.2, 0) is 30.5 Å². The number of nitrogens with zero attached hydrogens (tertiary/aromatic N) is 3. The van der Waals surface area contributed by atoms with Crippen LogP contribution in [0.5, 0.6) is 0 Å². The molecule has 322 valence electrons. The van der Waals surface area contributed by atoms with Crippen molar-refractivity contribution in [1.29, 1.82) is 0 Å². The molecule has 0 radical (unpaired) electrons. The maximum atomic E-state index is 14.2. The van der Waals surface area contributed by atoms with Crippen molar-refractivity contribution in [2.24, 2.45) is 5.92 Å². The molecule has 11 heteroatoms. The van der Waals surface area contributed by atoms with Crippen LogP contribution in [0.15, 0.2) is 96.2 Å². The van der Waals surface area contributed by atoms with Crippen LogP contribution in [0.4, 0.5) is 4.79 Å². The van der Waals surface area contributed by atoms with Gasteiger partial charge in [-0.25, -0.2) is 9.59 Å². The second kappa shape index (κ2) is 23.1. The van der Waals surface area contributed by atoms with Crippen molar-refractivity contribution >= 4 is 23.8 Å². The summed E-state index contributed by atoms with van der Waals surface area (Å²) in [4.78, 5) is 61.7. The van der Waals surface area contributed by atoms with Crippen molar-refractivity contribution in [3.8, 4) is 11.1 Å². The van der Waals surface area contributed by atoms with Gasteiger partial charge >= 0.3 is 12.0 Å². The number of morpholine rings is 1. The lowest BCUT2D eigenvalue weighted by Crippen LogP contribution is -2.56. The van der Waals surface area contributed by atoms with E-state index >= 15 is 0 Å². The highest BCUT2D eigenvalue weighted by molar-refractivity contribution is 5.95. The van der Waals surface area contributed by atoms with Crippen molar-refractivity contribution in [3.05, 3.63) is 107 Å². The van der Waals surface area contributed by atoms with Gasteiger partial charge in [-0.15, -0.1) is 0 Å². The molecular weight excluding hydrogens is 755 g/mol. The zero-order valence-corrected chi connectivity index (χ0v) is 35.7. The molecule has 4 amide bonds. The van der Waals surface area contributed by atoms with Crippen LogP contribution < -0.4 is 10.6 Å². The standard InChI is InChI=1S/C49H65N5O6/c1-3-4-28-50-47(56)46(42-21-13-7-14-22-42)54(31-30-52-32-34-59-35-33-52)43(55)23-15-8-16-29-53-37(2)44(48(57)60-36-38-17-9-5-10-18-38)45(51-49(53)58)41-26-24-40(25-27-41)39-19-11-6-12-20-39/h5-6,9-12,17-20,24-27,42,45-46H,3-4,7-8,13-16,21-23,28-36H2,1-2H3,(H,50,56)(H,51,58). The summed E-state index contributed by atoms with van der Waals surface area (Å²) in [5, 5.41) is 6.29. The molecule has 1 aliphatic carbocycles. The van der Waals surface area contributed by atoms with Gasteiger partial charge in [0.25, 0.3) is 0 Å². The third-order valence-electron chi connectivity index (χ3n) is 12.3. The number of allylic oxidation sites excluding steroid dienone is 1. The molecule has 3 aromatic carbocycles. The summed E-state index contributed by atoms with van der Waals surface area (Å²) < 4.78 is 11.4. The summed E-state index contributed by atoms with van der Waals surface area (Å²) in [6, 6.07) is 26.1. The van der Waals surface area contributed by atoms with Crippen molar-refractivity contribution in [3.63, 3.8) is 0 Å². The van der Waals surface area contributed by atoms with E-state index in [1.165, 1.54) is 6.42 Å². The number of rotatable bonds is 20. The Balaban J connectivity index is 1.13. The van der Waals surface area contributed by atoms with E-state index in [9.17, 15) is 19.2 Å². The molecule has 2 fully saturated rings. The third kappa shape index (κ3) is 12.3. The van der Waals surface area contributed by atoms with Gasteiger partial charge in [0.05, 0.1) is 24.8 Å². The molecule has 1 saturated carbocycles. The van der Waals surface area contributed by atoms with Crippen LogP contribution in [0.3, 0.4) is 0 Å². The van der Waals surface area contributed by atoms with Gasteiger partial charge in [-0.1, -0.05) is 124 Å². The molecule has 2 aliphatic heterocycles. The van der Waals surface area contributed by atoms with E-state index in [1.807, 2.05) is 96.8 Å². The Morgan fingerprint density at radius 3 is 2.23 bits per heavy atom. The van der Waals surface area contributed by atoms with Crippen LogP contribution >= 0.6 is 0 Å². The average molecular weight is 820 g/mol. The minimum atomic E-state index is -0.681. The Bertz CT molecular complexity index is 1860. The van der Waals surface area contributed by atoms with E-state index in [1.54, 1.807) is 4.90 Å². The van der Waals surface area contributed by atoms with Gasteiger partial charge in [-0.2, -0.15) is 0 Å². The molecule has 2 unspecified atom stereocenters. The predicted molar refractivity (Wildman–Crippen MR) is 235 cm³/mol. The highest BCUT2D eigenvalue weighted by Gasteiger charge is 2.38. The molecule has 2 heterocycles. The summed E-state index contributed by atoms with van der Waals surface area (Å²) >= 11 is 0. The van der Waals surface area contributed by atoms with Gasteiger partial charge in [0.1, 0.15) is 12.6 Å². The van der Waals surface area contributed by atoms with Gasteiger partial charge in [0, 0.05) is 51.4 Å². The highest BCUT2D eigenvalue weighted by atomic mass is 16.5. The SMILES string of the molecule is CCCCNC(=O)C(C1CCCCC1)N(CCN1CCOCC1)C(=O)CCCCCN1C(=O)NC(c2ccc(-c3ccccc3)cc2)C(C(=O)OCc2ccccc2)=C1C. The number of amides is 4.